The highest BCUT2D eigenvalue weighted by Gasteiger charge is 2.34. The average Bonchev–Trinajstić information content (AvgIpc) is 3.28. The lowest BCUT2D eigenvalue weighted by Crippen LogP contribution is -2.40. The van der Waals surface area contributed by atoms with Gasteiger partial charge in [-0.2, -0.15) is 5.10 Å². The van der Waals surface area contributed by atoms with Crippen LogP contribution in [-0.2, 0) is 13.6 Å². The van der Waals surface area contributed by atoms with Crippen molar-refractivity contribution in [3.63, 3.8) is 0 Å². The normalized spacial score (nSPS) is 20.8. The van der Waals surface area contributed by atoms with Gasteiger partial charge in [0.25, 0.3) is 11.8 Å². The fraction of sp³-hybridized carbons (Fsp3) is 0.562. The summed E-state index contributed by atoms with van der Waals surface area (Å²) in [6.07, 6.45) is 3.20. The van der Waals surface area contributed by atoms with Gasteiger partial charge in [-0.05, 0) is 11.6 Å². The van der Waals surface area contributed by atoms with Crippen molar-refractivity contribution in [2.45, 2.75) is 25.2 Å². The SMILES string of the molecule is COc1cc(C(=O)N(C)C[C@@H]2C[C@H](F)CN2Cc2cnn(C)c2)on1. The molecule has 0 N–H and O–H groups in total. The number of methoxy groups -OCH3 is 1. The van der Waals surface area contributed by atoms with Crippen molar-refractivity contribution in [3.05, 3.63) is 29.8 Å². The van der Waals surface area contributed by atoms with Gasteiger partial charge in [0.1, 0.15) is 6.17 Å². The lowest BCUT2D eigenvalue weighted by molar-refractivity contribution is 0.0708. The Labute approximate surface area is 145 Å². The van der Waals surface area contributed by atoms with Crippen molar-refractivity contribution in [2.75, 3.05) is 27.2 Å². The van der Waals surface area contributed by atoms with Gasteiger partial charge in [0, 0.05) is 51.5 Å². The third-order valence-corrected chi connectivity index (χ3v) is 4.36. The fourth-order valence-electron chi connectivity index (χ4n) is 3.14. The molecule has 25 heavy (non-hydrogen) atoms. The number of likely N-dealkylation sites (N-methyl/N-ethyl adjacent to an activating group) is 1. The molecule has 0 spiro atoms. The number of aromatic nitrogens is 3. The Hall–Kier alpha value is -2.42. The minimum atomic E-state index is -0.893. The van der Waals surface area contributed by atoms with Gasteiger partial charge in [-0.1, -0.05) is 0 Å². The third-order valence-electron chi connectivity index (χ3n) is 4.36. The van der Waals surface area contributed by atoms with Crippen LogP contribution in [0.25, 0.3) is 0 Å². The highest BCUT2D eigenvalue weighted by Crippen LogP contribution is 2.24. The molecular weight excluding hydrogens is 329 g/mol. The molecule has 0 unspecified atom stereocenters. The first-order chi connectivity index (χ1) is 12.0. The number of likely N-dealkylation sites (tertiary alicyclic amines) is 1. The number of alkyl halides is 1. The Morgan fingerprint density at radius 3 is 3.00 bits per heavy atom. The van der Waals surface area contributed by atoms with Crippen LogP contribution in [0.5, 0.6) is 5.88 Å². The number of rotatable bonds is 6. The second kappa shape index (κ2) is 7.22. The van der Waals surface area contributed by atoms with E-state index in [1.165, 1.54) is 18.1 Å². The Balaban J connectivity index is 1.63. The van der Waals surface area contributed by atoms with Crippen LogP contribution >= 0.6 is 0 Å². The maximum absolute atomic E-state index is 13.9. The van der Waals surface area contributed by atoms with Crippen LogP contribution in [0.15, 0.2) is 23.0 Å². The van der Waals surface area contributed by atoms with E-state index in [1.807, 2.05) is 18.1 Å². The average molecular weight is 351 g/mol. The van der Waals surface area contributed by atoms with Crippen molar-refractivity contribution in [1.29, 1.82) is 0 Å². The number of ether oxygens (including phenoxy) is 1. The first-order valence-corrected chi connectivity index (χ1v) is 8.08. The summed E-state index contributed by atoms with van der Waals surface area (Å²) in [6.45, 7) is 1.37. The Bertz CT molecular complexity index is 731. The number of nitrogens with zero attached hydrogens (tertiary/aromatic N) is 5. The standard InChI is InChI=1S/C16H22FN5O3/c1-20(16(23)14-5-15(24-3)19-25-14)10-13-4-12(17)9-22(13)8-11-6-18-21(2)7-11/h5-7,12-13H,4,8-10H2,1-3H3/t12-,13-/m0/s1. The van der Waals surface area contributed by atoms with Crippen molar-refractivity contribution in [3.8, 4) is 5.88 Å². The molecule has 1 aliphatic heterocycles. The van der Waals surface area contributed by atoms with E-state index in [-0.39, 0.29) is 23.6 Å². The Morgan fingerprint density at radius 2 is 2.36 bits per heavy atom. The minimum absolute atomic E-state index is 0.0611. The summed E-state index contributed by atoms with van der Waals surface area (Å²) in [5, 5.41) is 7.77. The Kier molecular flexibility index (Phi) is 5.03. The second-order valence-electron chi connectivity index (χ2n) is 6.36. The minimum Gasteiger partial charge on any atom is -0.479 e. The maximum Gasteiger partial charge on any atom is 0.292 e. The lowest BCUT2D eigenvalue weighted by Gasteiger charge is -2.27. The van der Waals surface area contributed by atoms with E-state index in [0.29, 0.717) is 26.1 Å². The molecule has 0 bridgehead atoms. The van der Waals surface area contributed by atoms with Crippen LogP contribution in [0.2, 0.25) is 0 Å². The molecule has 9 heteroatoms. The molecule has 0 saturated carbocycles. The van der Waals surface area contributed by atoms with E-state index in [4.69, 9.17) is 9.26 Å². The summed E-state index contributed by atoms with van der Waals surface area (Å²) in [7, 11) is 4.97. The first-order valence-electron chi connectivity index (χ1n) is 8.08. The van der Waals surface area contributed by atoms with E-state index in [1.54, 1.807) is 17.9 Å². The molecule has 2 aromatic heterocycles. The zero-order valence-corrected chi connectivity index (χ0v) is 14.6. The smallest absolute Gasteiger partial charge is 0.292 e. The summed E-state index contributed by atoms with van der Waals surface area (Å²) >= 11 is 0. The molecular formula is C16H22FN5O3. The fourth-order valence-corrected chi connectivity index (χ4v) is 3.14. The number of carbonyl (C=O) groups is 1. The van der Waals surface area contributed by atoms with Crippen LogP contribution in [0.1, 0.15) is 22.5 Å². The molecule has 3 heterocycles. The van der Waals surface area contributed by atoms with E-state index in [0.717, 1.165) is 5.56 Å². The van der Waals surface area contributed by atoms with Crippen molar-refractivity contribution >= 4 is 5.91 Å². The largest absolute Gasteiger partial charge is 0.479 e. The highest BCUT2D eigenvalue weighted by atomic mass is 19.1. The van der Waals surface area contributed by atoms with Crippen LogP contribution < -0.4 is 4.74 Å². The molecule has 1 fully saturated rings. The quantitative estimate of drug-likeness (QED) is 0.776. The predicted molar refractivity (Wildman–Crippen MR) is 86.9 cm³/mol. The van der Waals surface area contributed by atoms with Crippen LogP contribution in [-0.4, -0.2) is 70.1 Å². The monoisotopic (exact) mass is 351 g/mol. The van der Waals surface area contributed by atoms with E-state index < -0.39 is 6.17 Å². The summed E-state index contributed by atoms with van der Waals surface area (Å²) in [4.78, 5) is 16.0. The molecule has 136 valence electrons. The second-order valence-corrected chi connectivity index (χ2v) is 6.36. The molecule has 3 rings (SSSR count). The molecule has 2 atom stereocenters. The van der Waals surface area contributed by atoms with Gasteiger partial charge in [-0.15, -0.1) is 0 Å². The summed E-state index contributed by atoms with van der Waals surface area (Å²) in [5.41, 5.74) is 1.02. The molecule has 1 amide bonds. The lowest BCUT2D eigenvalue weighted by atomic mass is 10.2. The molecule has 1 aliphatic rings. The van der Waals surface area contributed by atoms with Crippen molar-refractivity contribution < 1.29 is 18.4 Å². The topological polar surface area (TPSA) is 76.6 Å². The Morgan fingerprint density at radius 1 is 1.56 bits per heavy atom. The van der Waals surface area contributed by atoms with Crippen molar-refractivity contribution in [2.24, 2.45) is 7.05 Å². The summed E-state index contributed by atoms with van der Waals surface area (Å²) in [6, 6.07) is 1.38. The number of amides is 1. The molecule has 0 aliphatic carbocycles. The van der Waals surface area contributed by atoms with Gasteiger partial charge in [0.2, 0.25) is 5.76 Å². The molecule has 8 nitrogen and oxygen atoms in total. The zero-order chi connectivity index (χ0) is 18.0. The van der Waals surface area contributed by atoms with Crippen LogP contribution in [0.4, 0.5) is 4.39 Å². The zero-order valence-electron chi connectivity index (χ0n) is 14.6. The number of halogens is 1. The van der Waals surface area contributed by atoms with Gasteiger partial charge >= 0.3 is 0 Å². The third kappa shape index (κ3) is 3.98. The van der Waals surface area contributed by atoms with Gasteiger partial charge in [0.15, 0.2) is 0 Å². The van der Waals surface area contributed by atoms with Gasteiger partial charge < -0.3 is 14.2 Å². The molecule has 2 aromatic rings. The van der Waals surface area contributed by atoms with Gasteiger partial charge in [-0.25, -0.2) is 4.39 Å². The number of hydrogen-bond acceptors (Lipinski definition) is 6. The van der Waals surface area contributed by atoms with Crippen LogP contribution in [0.3, 0.4) is 0 Å². The molecule has 1 saturated heterocycles. The van der Waals surface area contributed by atoms with E-state index >= 15 is 0 Å². The van der Waals surface area contributed by atoms with E-state index in [2.05, 4.69) is 10.3 Å². The van der Waals surface area contributed by atoms with Gasteiger partial charge in [0.05, 0.1) is 19.4 Å². The summed E-state index contributed by atoms with van der Waals surface area (Å²) < 4.78 is 25.6. The number of carbonyl (C=O) groups excluding carboxylic acids is 1. The van der Waals surface area contributed by atoms with E-state index in [9.17, 15) is 9.18 Å². The van der Waals surface area contributed by atoms with Crippen LogP contribution in [0, 0.1) is 0 Å². The number of hydrogen-bond donors (Lipinski definition) is 0. The van der Waals surface area contributed by atoms with Crippen molar-refractivity contribution in [1.82, 2.24) is 24.7 Å². The summed E-state index contributed by atoms with van der Waals surface area (Å²) in [5.74, 6) is 0.0482. The first kappa shape index (κ1) is 17.4. The van der Waals surface area contributed by atoms with Gasteiger partial charge in [-0.3, -0.25) is 14.4 Å². The molecule has 0 radical (unpaired) electrons. The highest BCUT2D eigenvalue weighted by molar-refractivity contribution is 5.91. The maximum atomic E-state index is 13.9. The number of aryl methyl sites for hydroxylation is 1. The predicted octanol–water partition coefficient (Wildman–Crippen LogP) is 1.10. The molecule has 0 aromatic carbocycles.